The highest BCUT2D eigenvalue weighted by atomic mass is 16.7. The Balaban J connectivity index is -0.000000767. The van der Waals surface area contributed by atoms with Gasteiger partial charge in [-0.15, -0.1) is 0 Å². The van der Waals surface area contributed by atoms with Crippen molar-refractivity contribution in [3.63, 3.8) is 0 Å². The number of ether oxygens (including phenoxy) is 4. The summed E-state index contributed by atoms with van der Waals surface area (Å²) in [4.78, 5) is 67.2. The summed E-state index contributed by atoms with van der Waals surface area (Å²) in [5, 5.41) is 26.3. The third kappa shape index (κ3) is 27.7. The standard InChI is InChI=1S/2C15H27NO6.CH4/c2*1-9(2)6-12(7-13(17)18)8-16-15(20)22-11(5)21-14(19)10(3)4;/h2*9-12H,6-8H2,1-5H3,(H,16,20)(H,17,18);1H4/p-2/t2*11-,12+;/m11./s1. The summed E-state index contributed by atoms with van der Waals surface area (Å²) >= 11 is 0. The van der Waals surface area contributed by atoms with Crippen LogP contribution in [0.3, 0.4) is 0 Å². The van der Waals surface area contributed by atoms with Gasteiger partial charge in [-0.1, -0.05) is 62.8 Å². The van der Waals surface area contributed by atoms with Gasteiger partial charge in [0.15, 0.2) is 0 Å². The van der Waals surface area contributed by atoms with Crippen molar-refractivity contribution in [1.82, 2.24) is 10.6 Å². The smallest absolute Gasteiger partial charge is 0.410 e. The van der Waals surface area contributed by atoms with E-state index < -0.39 is 48.6 Å². The number of alkyl carbamates (subject to hydrolysis) is 2. The molecule has 0 aliphatic heterocycles. The van der Waals surface area contributed by atoms with E-state index in [-0.39, 0.29) is 57.0 Å². The number of hydrogen-bond donors (Lipinski definition) is 2. The molecule has 0 spiro atoms. The Hall–Kier alpha value is -3.58. The minimum Gasteiger partial charge on any atom is -0.550 e. The molecule has 0 heterocycles. The average molecular weight is 649 g/mol. The van der Waals surface area contributed by atoms with Crippen LogP contribution in [0.25, 0.3) is 0 Å². The Bertz CT molecular complexity index is 833. The van der Waals surface area contributed by atoms with Crippen molar-refractivity contribution in [3.05, 3.63) is 0 Å². The van der Waals surface area contributed by atoms with E-state index in [0.717, 1.165) is 0 Å². The molecule has 0 saturated carbocycles. The van der Waals surface area contributed by atoms with Crippen LogP contribution < -0.4 is 20.8 Å². The van der Waals surface area contributed by atoms with Crippen molar-refractivity contribution in [2.45, 2.75) is 115 Å². The fourth-order valence-electron chi connectivity index (χ4n) is 3.77. The quantitative estimate of drug-likeness (QED) is 0.162. The van der Waals surface area contributed by atoms with Gasteiger partial charge in [0, 0.05) is 38.9 Å². The van der Waals surface area contributed by atoms with Crippen molar-refractivity contribution < 1.29 is 57.9 Å². The molecule has 0 fully saturated rings. The number of nitrogens with one attached hydrogen (secondary N) is 2. The van der Waals surface area contributed by atoms with E-state index in [4.69, 9.17) is 18.9 Å². The van der Waals surface area contributed by atoms with E-state index in [1.807, 2.05) is 27.7 Å². The molecule has 0 aromatic carbocycles. The lowest BCUT2D eigenvalue weighted by Gasteiger charge is -2.21. The van der Waals surface area contributed by atoms with E-state index >= 15 is 0 Å². The van der Waals surface area contributed by atoms with Gasteiger partial charge in [-0.2, -0.15) is 0 Å². The van der Waals surface area contributed by atoms with Crippen LogP contribution in [0.2, 0.25) is 0 Å². The number of carboxylic acids is 2. The second-order valence-corrected chi connectivity index (χ2v) is 12.0. The maximum absolute atomic E-state index is 11.6. The topological polar surface area (TPSA) is 210 Å². The largest absolute Gasteiger partial charge is 0.550 e. The van der Waals surface area contributed by atoms with Crippen LogP contribution in [0, 0.1) is 35.5 Å². The monoisotopic (exact) mass is 648 g/mol. The maximum atomic E-state index is 11.6. The zero-order chi connectivity index (χ0) is 34.6. The summed E-state index contributed by atoms with van der Waals surface area (Å²) in [6.45, 7) is 17.8. The summed E-state index contributed by atoms with van der Waals surface area (Å²) in [6, 6.07) is 0. The van der Waals surface area contributed by atoms with Gasteiger partial charge in [-0.05, 0) is 49.4 Å². The first-order chi connectivity index (χ1) is 20.2. The molecule has 0 saturated heterocycles. The number of amides is 2. The number of carboxylic acid groups (broad SMARTS) is 2. The first-order valence-electron chi connectivity index (χ1n) is 14.9. The first-order valence-corrected chi connectivity index (χ1v) is 14.9. The lowest BCUT2D eigenvalue weighted by Crippen LogP contribution is -2.36. The maximum Gasteiger partial charge on any atom is 0.410 e. The molecule has 0 aliphatic rings. The zero-order valence-corrected chi connectivity index (χ0v) is 27.8. The van der Waals surface area contributed by atoms with Gasteiger partial charge < -0.3 is 49.4 Å². The molecule has 2 N–H and O–H groups in total. The minimum atomic E-state index is -1.15. The molecule has 0 aromatic rings. The second kappa shape index (κ2) is 24.7. The Morgan fingerprint density at radius 3 is 1.04 bits per heavy atom. The third-order valence-electron chi connectivity index (χ3n) is 5.64. The molecule has 0 unspecified atom stereocenters. The van der Waals surface area contributed by atoms with Crippen LogP contribution in [0.4, 0.5) is 9.59 Å². The van der Waals surface area contributed by atoms with E-state index in [1.165, 1.54) is 13.8 Å². The molecule has 0 aliphatic carbocycles. The molecule has 14 heteroatoms. The van der Waals surface area contributed by atoms with Crippen molar-refractivity contribution in [2.24, 2.45) is 35.5 Å². The van der Waals surface area contributed by atoms with Crippen LogP contribution >= 0.6 is 0 Å². The lowest BCUT2D eigenvalue weighted by atomic mass is 9.94. The van der Waals surface area contributed by atoms with Gasteiger partial charge in [-0.3, -0.25) is 9.59 Å². The fraction of sp³-hybridized carbons (Fsp3) is 0.806. The molecule has 0 rings (SSSR count). The summed E-state index contributed by atoms with van der Waals surface area (Å²) in [6.07, 6.45) is -2.48. The molecule has 0 aromatic heterocycles. The zero-order valence-electron chi connectivity index (χ0n) is 27.8. The van der Waals surface area contributed by atoms with Crippen LogP contribution in [0.1, 0.15) is 102 Å². The van der Waals surface area contributed by atoms with Gasteiger partial charge in [0.25, 0.3) is 0 Å². The third-order valence-corrected chi connectivity index (χ3v) is 5.64. The molecule has 0 bridgehead atoms. The average Bonchev–Trinajstić information content (AvgIpc) is 2.84. The summed E-state index contributed by atoms with van der Waals surface area (Å²) < 4.78 is 19.5. The van der Waals surface area contributed by atoms with Crippen molar-refractivity contribution in [3.8, 4) is 0 Å². The van der Waals surface area contributed by atoms with Crippen LogP contribution in [-0.4, -0.2) is 61.7 Å². The van der Waals surface area contributed by atoms with Gasteiger partial charge >= 0.3 is 24.1 Å². The number of hydrogen-bond acceptors (Lipinski definition) is 12. The van der Waals surface area contributed by atoms with Crippen LogP contribution in [0.5, 0.6) is 0 Å². The highest BCUT2D eigenvalue weighted by Crippen LogP contribution is 2.15. The molecular weight excluding hydrogens is 592 g/mol. The molecule has 264 valence electrons. The van der Waals surface area contributed by atoms with Crippen LogP contribution in [0.15, 0.2) is 0 Å². The van der Waals surface area contributed by atoms with Gasteiger partial charge in [-0.25, -0.2) is 9.59 Å². The number of carbonyl (C=O) groups is 6. The lowest BCUT2D eigenvalue weighted by molar-refractivity contribution is -0.308. The van der Waals surface area contributed by atoms with Crippen LogP contribution in [-0.2, 0) is 38.1 Å². The molecule has 14 nitrogen and oxygen atoms in total. The molecule has 2 amide bonds. The Morgan fingerprint density at radius 1 is 0.533 bits per heavy atom. The van der Waals surface area contributed by atoms with Gasteiger partial charge in [0.1, 0.15) is 0 Å². The predicted molar refractivity (Wildman–Crippen MR) is 162 cm³/mol. The number of aliphatic carboxylic acids is 2. The van der Waals surface area contributed by atoms with E-state index in [2.05, 4.69) is 10.6 Å². The fourth-order valence-corrected chi connectivity index (χ4v) is 3.77. The summed E-state index contributed by atoms with van der Waals surface area (Å²) in [5.74, 6) is -3.72. The van der Waals surface area contributed by atoms with E-state index in [0.29, 0.717) is 24.7 Å². The number of esters is 2. The highest BCUT2D eigenvalue weighted by Gasteiger charge is 2.19. The molecule has 4 atom stereocenters. The normalized spacial score (nSPS) is 13.3. The Labute approximate surface area is 268 Å². The van der Waals surface area contributed by atoms with E-state index in [1.54, 1.807) is 27.7 Å². The Kier molecular flexibility index (Phi) is 25.2. The van der Waals surface area contributed by atoms with Crippen molar-refractivity contribution >= 4 is 36.1 Å². The molecule has 0 radical (unpaired) electrons. The van der Waals surface area contributed by atoms with Crippen molar-refractivity contribution in [2.75, 3.05) is 13.1 Å². The van der Waals surface area contributed by atoms with Gasteiger partial charge in [0.05, 0.1) is 11.8 Å². The second-order valence-electron chi connectivity index (χ2n) is 12.0. The summed E-state index contributed by atoms with van der Waals surface area (Å²) in [5.41, 5.74) is 0. The molecular formula is C31H56N2O12-2. The molecule has 45 heavy (non-hydrogen) atoms. The summed E-state index contributed by atoms with van der Waals surface area (Å²) in [7, 11) is 0. The number of rotatable bonds is 18. The van der Waals surface area contributed by atoms with Gasteiger partial charge in [0.2, 0.25) is 12.6 Å². The number of carbonyl (C=O) groups excluding carboxylic acids is 6. The minimum absolute atomic E-state index is 0. The predicted octanol–water partition coefficient (Wildman–Crippen LogP) is 2.76. The highest BCUT2D eigenvalue weighted by molar-refractivity contribution is 5.73. The first kappa shape index (κ1) is 45.8. The SMILES string of the molecule is C.CC(C)C[C@H](CNC(=O)O[C@H](C)OC(=O)C(C)C)CC(=O)[O-].CC(C)C[C@H](CNC(=O)O[C@H](C)OC(=O)C(C)C)CC(=O)[O-]. The van der Waals surface area contributed by atoms with E-state index in [9.17, 15) is 39.0 Å². The Morgan fingerprint density at radius 2 is 0.822 bits per heavy atom. The van der Waals surface area contributed by atoms with Crippen molar-refractivity contribution in [1.29, 1.82) is 0 Å².